The Balaban J connectivity index is 1.14. The lowest BCUT2D eigenvalue weighted by atomic mass is 10.1. The molecule has 5 rings (SSSR count). The summed E-state index contributed by atoms with van der Waals surface area (Å²) in [6, 6.07) is 11.3. The molecule has 4 heterocycles. The summed E-state index contributed by atoms with van der Waals surface area (Å²) in [7, 11) is 0. The number of carbonyl (C=O) groups is 1. The smallest absolute Gasteiger partial charge is 0.269 e. The van der Waals surface area contributed by atoms with Gasteiger partial charge in [0.1, 0.15) is 0 Å². The lowest BCUT2D eigenvalue weighted by molar-refractivity contribution is -0.118. The minimum Gasteiger partial charge on any atom is -0.480 e. The van der Waals surface area contributed by atoms with Crippen molar-refractivity contribution >= 4 is 22.8 Å². The number of anilines is 1. The van der Waals surface area contributed by atoms with E-state index in [0.29, 0.717) is 44.3 Å². The Hall–Kier alpha value is -3.34. The first-order valence-corrected chi connectivity index (χ1v) is 11.0. The Bertz CT molecular complexity index is 1230. The first-order chi connectivity index (χ1) is 16.1. The summed E-state index contributed by atoms with van der Waals surface area (Å²) in [5.41, 5.74) is 2.28. The molecule has 0 saturated carbocycles. The fraction of sp³-hybridized carbons (Fsp3) is 0.391. The number of benzene rings is 1. The molecule has 2 atom stereocenters. The minimum atomic E-state index is -0.437. The van der Waals surface area contributed by atoms with E-state index in [9.17, 15) is 14.7 Å². The number of rotatable bonds is 7. The van der Waals surface area contributed by atoms with E-state index in [1.54, 1.807) is 10.6 Å². The van der Waals surface area contributed by atoms with Crippen molar-refractivity contribution in [3.8, 4) is 5.75 Å². The second-order valence-electron chi connectivity index (χ2n) is 8.44. The zero-order valence-corrected chi connectivity index (χ0v) is 18.1. The molecule has 1 aromatic carbocycles. The van der Waals surface area contributed by atoms with Crippen molar-refractivity contribution in [1.29, 1.82) is 0 Å². The van der Waals surface area contributed by atoms with Gasteiger partial charge >= 0.3 is 0 Å². The van der Waals surface area contributed by atoms with Gasteiger partial charge in [0.15, 0.2) is 18.2 Å². The fourth-order valence-electron chi connectivity index (χ4n) is 4.40. The predicted octanol–water partition coefficient (Wildman–Crippen LogP) is 0.205. The fourth-order valence-corrected chi connectivity index (χ4v) is 4.40. The van der Waals surface area contributed by atoms with Crippen molar-refractivity contribution in [2.24, 2.45) is 5.92 Å². The second-order valence-corrected chi connectivity index (χ2v) is 8.44. The summed E-state index contributed by atoms with van der Waals surface area (Å²) in [6.45, 7) is 3.70. The van der Waals surface area contributed by atoms with Crippen molar-refractivity contribution in [1.82, 2.24) is 24.8 Å². The first kappa shape index (κ1) is 21.5. The Morgan fingerprint density at radius 2 is 2.03 bits per heavy atom. The lowest BCUT2D eigenvalue weighted by Crippen LogP contribution is -2.31. The van der Waals surface area contributed by atoms with E-state index in [-0.39, 0.29) is 24.0 Å². The predicted molar refractivity (Wildman–Crippen MR) is 122 cm³/mol. The SMILES string of the molecule is O=C1COc2ccc(CNCC3CN(CCn4c(=O)cnc5ccccc54)CC3O)nc2N1. The van der Waals surface area contributed by atoms with E-state index in [1.165, 1.54) is 6.20 Å². The average molecular weight is 450 g/mol. The normalized spacial score (nSPS) is 20.5. The van der Waals surface area contributed by atoms with E-state index in [2.05, 4.69) is 25.5 Å². The number of aromatic nitrogens is 3. The molecule has 3 aromatic rings. The third-order valence-electron chi connectivity index (χ3n) is 6.12. The molecule has 2 aromatic heterocycles. The molecule has 2 aliphatic rings. The number of ether oxygens (including phenoxy) is 1. The third kappa shape index (κ3) is 4.72. The van der Waals surface area contributed by atoms with Gasteiger partial charge < -0.3 is 25.0 Å². The van der Waals surface area contributed by atoms with Gasteiger partial charge in [-0.3, -0.25) is 14.5 Å². The van der Waals surface area contributed by atoms with Crippen molar-refractivity contribution < 1.29 is 14.6 Å². The molecule has 172 valence electrons. The quantitative estimate of drug-likeness (QED) is 0.467. The van der Waals surface area contributed by atoms with Crippen molar-refractivity contribution in [3.05, 3.63) is 58.6 Å². The maximum atomic E-state index is 12.3. The molecule has 33 heavy (non-hydrogen) atoms. The van der Waals surface area contributed by atoms with E-state index < -0.39 is 6.10 Å². The lowest BCUT2D eigenvalue weighted by Gasteiger charge is -2.18. The van der Waals surface area contributed by atoms with Crippen LogP contribution in [0.15, 0.2) is 47.4 Å². The summed E-state index contributed by atoms with van der Waals surface area (Å²) in [5, 5.41) is 16.6. The van der Waals surface area contributed by atoms with Crippen LogP contribution in [-0.4, -0.2) is 69.3 Å². The van der Waals surface area contributed by atoms with Gasteiger partial charge in [-0.15, -0.1) is 0 Å². The number of hydrogen-bond acceptors (Lipinski definition) is 8. The molecule has 0 spiro atoms. The monoisotopic (exact) mass is 450 g/mol. The van der Waals surface area contributed by atoms with Crippen molar-refractivity contribution in [3.63, 3.8) is 0 Å². The summed E-state index contributed by atoms with van der Waals surface area (Å²) in [6.07, 6.45) is 0.924. The molecule has 0 aliphatic carbocycles. The maximum Gasteiger partial charge on any atom is 0.269 e. The topological polar surface area (TPSA) is 122 Å². The van der Waals surface area contributed by atoms with Crippen LogP contribution in [0, 0.1) is 5.92 Å². The highest BCUT2D eigenvalue weighted by molar-refractivity contribution is 5.94. The number of aliphatic hydroxyl groups is 1. The number of pyridine rings is 1. The molecule has 2 aliphatic heterocycles. The van der Waals surface area contributed by atoms with Gasteiger partial charge in [0.2, 0.25) is 0 Å². The Kier molecular flexibility index (Phi) is 6.03. The second kappa shape index (κ2) is 9.26. The maximum absolute atomic E-state index is 12.3. The van der Waals surface area contributed by atoms with Gasteiger partial charge in [-0.05, 0) is 24.3 Å². The summed E-state index contributed by atoms with van der Waals surface area (Å²) < 4.78 is 7.07. The molecule has 1 amide bonds. The van der Waals surface area contributed by atoms with E-state index in [1.807, 2.05) is 30.3 Å². The van der Waals surface area contributed by atoms with Crippen molar-refractivity contribution in [2.75, 3.05) is 38.1 Å². The van der Waals surface area contributed by atoms with E-state index in [4.69, 9.17) is 4.74 Å². The summed E-state index contributed by atoms with van der Waals surface area (Å²) in [5.74, 6) is 0.880. The van der Waals surface area contributed by atoms with Gasteiger partial charge in [0, 0.05) is 45.2 Å². The molecular formula is C23H26N6O4. The molecule has 1 saturated heterocycles. The van der Waals surface area contributed by atoms with E-state index in [0.717, 1.165) is 23.3 Å². The average Bonchev–Trinajstić information content (AvgIpc) is 3.17. The van der Waals surface area contributed by atoms with Gasteiger partial charge in [-0.25, -0.2) is 9.97 Å². The molecule has 10 heteroatoms. The Labute approximate surface area is 190 Å². The highest BCUT2D eigenvalue weighted by atomic mass is 16.5. The van der Waals surface area contributed by atoms with Gasteiger partial charge in [-0.2, -0.15) is 0 Å². The third-order valence-corrected chi connectivity index (χ3v) is 6.12. The number of carbonyl (C=O) groups excluding carboxylic acids is 1. The van der Waals surface area contributed by atoms with Crippen LogP contribution in [0.25, 0.3) is 11.0 Å². The summed E-state index contributed by atoms with van der Waals surface area (Å²) in [4.78, 5) is 34.6. The van der Waals surface area contributed by atoms with Crippen LogP contribution in [0.5, 0.6) is 5.75 Å². The summed E-state index contributed by atoms with van der Waals surface area (Å²) >= 11 is 0. The van der Waals surface area contributed by atoms with Gasteiger partial charge in [0.25, 0.3) is 11.5 Å². The van der Waals surface area contributed by atoms with Crippen LogP contribution in [0.1, 0.15) is 5.69 Å². The number of nitrogens with zero attached hydrogens (tertiary/aromatic N) is 4. The standard InChI is InChI=1S/C23H26N6O4/c30-19-13-28(7-8-29-18-4-2-1-3-17(18)25-11-22(29)32)12-15(19)9-24-10-16-5-6-20-23(26-16)27-21(31)14-33-20/h1-6,11,15,19,24,30H,7-10,12-14H2,(H,26,27,31). The number of amides is 1. The number of aliphatic hydroxyl groups excluding tert-OH is 1. The number of fused-ring (bicyclic) bond motifs is 2. The van der Waals surface area contributed by atoms with Gasteiger partial charge in [0.05, 0.1) is 29.0 Å². The number of β-amino-alcohol motifs (C(OH)–C–C–N with tert-alkyl or cyclic N) is 1. The molecular weight excluding hydrogens is 424 g/mol. The molecule has 10 nitrogen and oxygen atoms in total. The number of para-hydroxylation sites is 2. The number of hydrogen-bond donors (Lipinski definition) is 3. The minimum absolute atomic E-state index is 0.00830. The van der Waals surface area contributed by atoms with Gasteiger partial charge in [-0.1, -0.05) is 12.1 Å². The molecule has 1 fully saturated rings. The highest BCUT2D eigenvalue weighted by Gasteiger charge is 2.30. The van der Waals surface area contributed by atoms with Crippen LogP contribution in [0.2, 0.25) is 0 Å². The highest BCUT2D eigenvalue weighted by Crippen LogP contribution is 2.25. The zero-order valence-electron chi connectivity index (χ0n) is 18.1. The van der Waals surface area contributed by atoms with Crippen LogP contribution in [-0.2, 0) is 17.9 Å². The van der Waals surface area contributed by atoms with Crippen LogP contribution in [0.3, 0.4) is 0 Å². The zero-order chi connectivity index (χ0) is 22.8. The van der Waals surface area contributed by atoms with Crippen molar-refractivity contribution in [2.45, 2.75) is 19.2 Å². The molecule has 2 unspecified atom stereocenters. The first-order valence-electron chi connectivity index (χ1n) is 11.0. The molecule has 3 N–H and O–H groups in total. The number of nitrogens with one attached hydrogen (secondary N) is 2. The Morgan fingerprint density at radius 1 is 1.15 bits per heavy atom. The molecule has 0 radical (unpaired) electrons. The molecule has 0 bridgehead atoms. The number of likely N-dealkylation sites (tertiary alicyclic amines) is 1. The Morgan fingerprint density at radius 3 is 2.94 bits per heavy atom. The van der Waals surface area contributed by atoms with E-state index >= 15 is 0 Å². The largest absolute Gasteiger partial charge is 0.480 e. The van der Waals surface area contributed by atoms with Crippen LogP contribution < -0.4 is 20.9 Å². The van der Waals surface area contributed by atoms with Crippen LogP contribution in [0.4, 0.5) is 5.82 Å². The van der Waals surface area contributed by atoms with Crippen LogP contribution >= 0.6 is 0 Å².